The maximum absolute atomic E-state index is 13.4. The maximum atomic E-state index is 13.4. The molecule has 2 unspecified atom stereocenters. The van der Waals surface area contributed by atoms with Gasteiger partial charge in [0.2, 0.25) is 5.91 Å². The van der Waals surface area contributed by atoms with Crippen molar-refractivity contribution in [1.29, 1.82) is 0 Å². The Labute approximate surface area is 179 Å². The Balaban J connectivity index is 1.43. The van der Waals surface area contributed by atoms with E-state index in [0.29, 0.717) is 32.5 Å². The molecule has 1 amide bonds. The fourth-order valence-corrected chi connectivity index (χ4v) is 4.61. The van der Waals surface area contributed by atoms with Crippen LogP contribution in [0.25, 0.3) is 0 Å². The average molecular weight is 433 g/mol. The van der Waals surface area contributed by atoms with Crippen molar-refractivity contribution < 1.29 is 22.7 Å². The number of nitrogens with zero attached hydrogens (tertiary/aromatic N) is 3. The molecule has 2 aliphatic heterocycles. The molecule has 0 aliphatic carbocycles. The van der Waals surface area contributed by atoms with Gasteiger partial charge in [-0.25, -0.2) is 4.98 Å². The summed E-state index contributed by atoms with van der Waals surface area (Å²) < 4.78 is 45.4. The quantitative estimate of drug-likeness (QED) is 0.720. The van der Waals surface area contributed by atoms with Gasteiger partial charge in [-0.2, -0.15) is 13.2 Å². The molecule has 0 bridgehead atoms. The first-order chi connectivity index (χ1) is 14.9. The number of carbonyl (C=O) groups excluding carboxylic acids is 1. The molecule has 0 saturated carbocycles. The fraction of sp³-hybridized carbons (Fsp3) is 0.478. The minimum absolute atomic E-state index is 0.0326. The van der Waals surface area contributed by atoms with E-state index in [4.69, 9.17) is 4.74 Å². The number of amides is 1. The largest absolute Gasteiger partial charge is 0.497 e. The van der Waals surface area contributed by atoms with Crippen molar-refractivity contribution in [3.63, 3.8) is 0 Å². The van der Waals surface area contributed by atoms with E-state index in [1.54, 1.807) is 12.0 Å². The monoisotopic (exact) mass is 433 g/mol. The van der Waals surface area contributed by atoms with Crippen LogP contribution in [0.1, 0.15) is 36.3 Å². The minimum atomic E-state index is -4.47. The Morgan fingerprint density at radius 2 is 1.87 bits per heavy atom. The topological polar surface area (TPSA) is 45.7 Å². The Morgan fingerprint density at radius 3 is 2.58 bits per heavy atom. The zero-order valence-electron chi connectivity index (χ0n) is 17.4. The van der Waals surface area contributed by atoms with Gasteiger partial charge in [0, 0.05) is 38.3 Å². The summed E-state index contributed by atoms with van der Waals surface area (Å²) in [6.45, 7) is 2.05. The molecular weight excluding hydrogens is 407 g/mol. The Hall–Kier alpha value is -2.77. The van der Waals surface area contributed by atoms with Gasteiger partial charge in [0.1, 0.15) is 11.6 Å². The number of methoxy groups -OCH3 is 1. The molecule has 2 saturated heterocycles. The molecule has 1 aromatic heterocycles. The second-order valence-corrected chi connectivity index (χ2v) is 8.20. The van der Waals surface area contributed by atoms with Crippen LogP contribution < -0.4 is 9.64 Å². The lowest BCUT2D eigenvalue weighted by molar-refractivity contribution is -0.137. The van der Waals surface area contributed by atoms with E-state index in [1.807, 2.05) is 29.2 Å². The van der Waals surface area contributed by atoms with Crippen molar-refractivity contribution in [1.82, 2.24) is 9.88 Å². The van der Waals surface area contributed by atoms with Crippen LogP contribution in [0.4, 0.5) is 19.0 Å². The van der Waals surface area contributed by atoms with E-state index in [2.05, 4.69) is 4.98 Å². The Morgan fingerprint density at radius 1 is 1.10 bits per heavy atom. The average Bonchev–Trinajstić information content (AvgIpc) is 3.28. The maximum Gasteiger partial charge on any atom is 0.419 e. The molecule has 4 rings (SSSR count). The summed E-state index contributed by atoms with van der Waals surface area (Å²) in [6.07, 6.45) is -0.864. The lowest BCUT2D eigenvalue weighted by Crippen LogP contribution is -2.45. The highest BCUT2D eigenvalue weighted by molar-refractivity contribution is 5.80. The van der Waals surface area contributed by atoms with Crippen LogP contribution in [0, 0.1) is 5.92 Å². The molecule has 1 aromatic carbocycles. The van der Waals surface area contributed by atoms with Gasteiger partial charge < -0.3 is 14.5 Å². The lowest BCUT2D eigenvalue weighted by Gasteiger charge is -2.35. The number of pyridine rings is 1. The molecular formula is C23H26F3N3O2. The number of anilines is 1. The highest BCUT2D eigenvalue weighted by Crippen LogP contribution is 2.37. The summed E-state index contributed by atoms with van der Waals surface area (Å²) in [5.74, 6) is 0.702. The predicted molar refractivity (Wildman–Crippen MR) is 111 cm³/mol. The van der Waals surface area contributed by atoms with Gasteiger partial charge in [-0.1, -0.05) is 12.1 Å². The van der Waals surface area contributed by atoms with Crippen LogP contribution >= 0.6 is 0 Å². The van der Waals surface area contributed by atoms with E-state index < -0.39 is 11.7 Å². The van der Waals surface area contributed by atoms with Gasteiger partial charge in [0.25, 0.3) is 0 Å². The van der Waals surface area contributed by atoms with Crippen molar-refractivity contribution in [3.8, 4) is 5.75 Å². The molecule has 2 atom stereocenters. The van der Waals surface area contributed by atoms with Gasteiger partial charge in [-0.3, -0.25) is 4.79 Å². The van der Waals surface area contributed by atoms with Crippen LogP contribution in [-0.2, 0) is 11.0 Å². The number of hydrogen-bond acceptors (Lipinski definition) is 4. The van der Waals surface area contributed by atoms with Crippen LogP contribution in [0.15, 0.2) is 42.6 Å². The van der Waals surface area contributed by atoms with E-state index in [9.17, 15) is 18.0 Å². The third kappa shape index (κ3) is 4.62. The lowest BCUT2D eigenvalue weighted by atomic mass is 9.95. The first-order valence-electron chi connectivity index (χ1n) is 10.6. The van der Waals surface area contributed by atoms with Crippen molar-refractivity contribution in [2.24, 2.45) is 5.92 Å². The third-order valence-corrected chi connectivity index (χ3v) is 6.25. The molecule has 31 heavy (non-hydrogen) atoms. The number of halogens is 3. The van der Waals surface area contributed by atoms with Crippen molar-refractivity contribution in [2.45, 2.75) is 31.4 Å². The number of likely N-dealkylation sites (tertiary alicyclic amines) is 1. The summed E-state index contributed by atoms with van der Waals surface area (Å²) in [6, 6.07) is 10.2. The molecule has 5 nitrogen and oxygen atoms in total. The van der Waals surface area contributed by atoms with Gasteiger partial charge in [0.15, 0.2) is 0 Å². The number of carbonyl (C=O) groups is 1. The van der Waals surface area contributed by atoms with Gasteiger partial charge >= 0.3 is 6.18 Å². The summed E-state index contributed by atoms with van der Waals surface area (Å²) in [7, 11) is 1.63. The minimum Gasteiger partial charge on any atom is -0.497 e. The zero-order chi connectivity index (χ0) is 22.0. The summed E-state index contributed by atoms with van der Waals surface area (Å²) in [5, 5.41) is 0. The number of aromatic nitrogens is 1. The van der Waals surface area contributed by atoms with Crippen LogP contribution in [0.2, 0.25) is 0 Å². The number of ether oxygens (including phenoxy) is 1. The number of benzene rings is 1. The zero-order valence-corrected chi connectivity index (χ0v) is 17.4. The smallest absolute Gasteiger partial charge is 0.419 e. The normalized spacial score (nSPS) is 21.9. The van der Waals surface area contributed by atoms with Gasteiger partial charge in [0.05, 0.1) is 18.6 Å². The first kappa shape index (κ1) is 21.5. The fourth-order valence-electron chi connectivity index (χ4n) is 4.61. The number of alkyl halides is 3. The molecule has 166 valence electrons. The van der Waals surface area contributed by atoms with Crippen LogP contribution in [0.5, 0.6) is 5.75 Å². The van der Waals surface area contributed by atoms with Crippen LogP contribution in [0.3, 0.4) is 0 Å². The highest BCUT2D eigenvalue weighted by Gasteiger charge is 2.38. The highest BCUT2D eigenvalue weighted by atomic mass is 19.4. The standard InChI is InChI=1S/C23H26F3N3O2/c1-31-19-8-6-16(7-9-19)17-10-13-29(14-17)22(30)18-4-3-12-28(15-18)21-20(23(24,25)26)5-2-11-27-21/h2,5-9,11,17-18H,3-4,10,12-15H2,1H3. The second kappa shape index (κ2) is 8.77. The molecule has 2 aliphatic rings. The van der Waals surface area contributed by atoms with E-state index in [1.165, 1.54) is 17.8 Å². The Bertz CT molecular complexity index is 917. The second-order valence-electron chi connectivity index (χ2n) is 8.20. The summed E-state index contributed by atoms with van der Waals surface area (Å²) in [5.41, 5.74) is 0.425. The predicted octanol–water partition coefficient (Wildman–Crippen LogP) is 4.34. The van der Waals surface area contributed by atoms with E-state index in [-0.39, 0.29) is 30.1 Å². The number of piperidine rings is 1. The number of hydrogen-bond donors (Lipinski definition) is 0. The van der Waals surface area contributed by atoms with Crippen LogP contribution in [-0.4, -0.2) is 49.1 Å². The van der Waals surface area contributed by atoms with E-state index in [0.717, 1.165) is 18.2 Å². The van der Waals surface area contributed by atoms with Gasteiger partial charge in [-0.05, 0) is 49.1 Å². The molecule has 2 fully saturated rings. The summed E-state index contributed by atoms with van der Waals surface area (Å²) >= 11 is 0. The van der Waals surface area contributed by atoms with Crippen molar-refractivity contribution in [2.75, 3.05) is 38.2 Å². The number of rotatable bonds is 4. The molecule has 0 spiro atoms. The SMILES string of the molecule is COc1ccc(C2CCN(C(=O)C3CCCN(c4ncccc4C(F)(F)F)C3)C2)cc1. The Kier molecular flexibility index (Phi) is 6.07. The van der Waals surface area contributed by atoms with Crippen molar-refractivity contribution >= 4 is 11.7 Å². The molecule has 0 N–H and O–H groups in total. The first-order valence-corrected chi connectivity index (χ1v) is 10.6. The van der Waals surface area contributed by atoms with Gasteiger partial charge in [-0.15, -0.1) is 0 Å². The molecule has 2 aromatic rings. The third-order valence-electron chi connectivity index (χ3n) is 6.25. The summed E-state index contributed by atoms with van der Waals surface area (Å²) in [4.78, 5) is 20.7. The molecule has 3 heterocycles. The van der Waals surface area contributed by atoms with E-state index >= 15 is 0 Å². The van der Waals surface area contributed by atoms with Crippen molar-refractivity contribution in [3.05, 3.63) is 53.7 Å². The molecule has 0 radical (unpaired) electrons. The molecule has 8 heteroatoms.